The maximum Gasteiger partial charge on any atom is 0.140 e. The molecule has 0 aliphatic carbocycles. The van der Waals surface area contributed by atoms with E-state index < -0.39 is 0 Å². The van der Waals surface area contributed by atoms with Gasteiger partial charge in [0, 0.05) is 12.2 Å². The van der Waals surface area contributed by atoms with E-state index in [9.17, 15) is 0 Å². The lowest BCUT2D eigenvalue weighted by Gasteiger charge is -2.15. The zero-order valence-electron chi connectivity index (χ0n) is 10.7. The SMILES string of the molecule is COc1cccnc1CC(C)CNC(C)C. The second kappa shape index (κ2) is 6.48. The molecular formula is C13H22N2O. The molecule has 1 heterocycles. The van der Waals surface area contributed by atoms with Crippen LogP contribution in [0.2, 0.25) is 0 Å². The van der Waals surface area contributed by atoms with Crippen LogP contribution in [-0.2, 0) is 6.42 Å². The molecule has 0 amide bonds. The second-order valence-electron chi connectivity index (χ2n) is 4.52. The van der Waals surface area contributed by atoms with Crippen LogP contribution in [0.4, 0.5) is 0 Å². The molecule has 0 saturated carbocycles. The van der Waals surface area contributed by atoms with E-state index in [0.29, 0.717) is 12.0 Å². The number of pyridine rings is 1. The third-order valence-corrected chi connectivity index (χ3v) is 2.48. The van der Waals surface area contributed by atoms with Crippen molar-refractivity contribution in [2.75, 3.05) is 13.7 Å². The smallest absolute Gasteiger partial charge is 0.140 e. The van der Waals surface area contributed by atoms with Crippen LogP contribution >= 0.6 is 0 Å². The number of nitrogens with one attached hydrogen (secondary N) is 1. The Morgan fingerprint density at radius 2 is 2.12 bits per heavy atom. The Morgan fingerprint density at radius 1 is 1.38 bits per heavy atom. The molecule has 3 heteroatoms. The van der Waals surface area contributed by atoms with Crippen LogP contribution in [0, 0.1) is 5.92 Å². The molecule has 0 aliphatic heterocycles. The molecule has 0 fully saturated rings. The van der Waals surface area contributed by atoms with E-state index in [1.54, 1.807) is 7.11 Å². The molecule has 0 aliphatic rings. The molecule has 0 saturated heterocycles. The molecule has 3 nitrogen and oxygen atoms in total. The highest BCUT2D eigenvalue weighted by molar-refractivity contribution is 5.26. The highest BCUT2D eigenvalue weighted by Crippen LogP contribution is 2.17. The fraction of sp³-hybridized carbons (Fsp3) is 0.615. The minimum absolute atomic E-state index is 0.535. The summed E-state index contributed by atoms with van der Waals surface area (Å²) in [4.78, 5) is 4.36. The van der Waals surface area contributed by atoms with Gasteiger partial charge in [-0.15, -0.1) is 0 Å². The molecule has 1 aromatic heterocycles. The van der Waals surface area contributed by atoms with E-state index in [1.807, 2.05) is 18.3 Å². The van der Waals surface area contributed by atoms with Crippen LogP contribution in [0.5, 0.6) is 5.75 Å². The summed E-state index contributed by atoms with van der Waals surface area (Å²) in [5.74, 6) is 1.45. The van der Waals surface area contributed by atoms with Crippen molar-refractivity contribution in [2.45, 2.75) is 33.2 Å². The lowest BCUT2D eigenvalue weighted by atomic mass is 10.0. The van der Waals surface area contributed by atoms with E-state index in [-0.39, 0.29) is 0 Å². The van der Waals surface area contributed by atoms with Crippen molar-refractivity contribution in [1.82, 2.24) is 10.3 Å². The van der Waals surface area contributed by atoms with Crippen LogP contribution in [0.3, 0.4) is 0 Å². The second-order valence-corrected chi connectivity index (χ2v) is 4.52. The van der Waals surface area contributed by atoms with Crippen molar-refractivity contribution in [1.29, 1.82) is 0 Å². The maximum atomic E-state index is 5.29. The lowest BCUT2D eigenvalue weighted by molar-refractivity contribution is 0.398. The zero-order valence-corrected chi connectivity index (χ0v) is 10.7. The fourth-order valence-corrected chi connectivity index (χ4v) is 1.60. The predicted octanol–water partition coefficient (Wildman–Crippen LogP) is 2.27. The summed E-state index contributed by atoms with van der Waals surface area (Å²) in [7, 11) is 1.69. The Hall–Kier alpha value is -1.09. The molecule has 0 aromatic carbocycles. The Bertz CT molecular complexity index is 313. The molecule has 1 aromatic rings. The minimum Gasteiger partial charge on any atom is -0.495 e. The van der Waals surface area contributed by atoms with Gasteiger partial charge in [-0.1, -0.05) is 20.8 Å². The third kappa shape index (κ3) is 4.19. The Morgan fingerprint density at radius 3 is 2.75 bits per heavy atom. The van der Waals surface area contributed by atoms with Crippen molar-refractivity contribution >= 4 is 0 Å². The lowest BCUT2D eigenvalue weighted by Crippen LogP contribution is -2.28. The highest BCUT2D eigenvalue weighted by atomic mass is 16.5. The average Bonchev–Trinajstić information content (AvgIpc) is 2.27. The monoisotopic (exact) mass is 222 g/mol. The van der Waals surface area contributed by atoms with Gasteiger partial charge in [-0.25, -0.2) is 0 Å². The van der Waals surface area contributed by atoms with E-state index in [2.05, 4.69) is 31.1 Å². The number of hydrogen-bond acceptors (Lipinski definition) is 3. The quantitative estimate of drug-likeness (QED) is 0.801. The van der Waals surface area contributed by atoms with Crippen molar-refractivity contribution in [2.24, 2.45) is 5.92 Å². The van der Waals surface area contributed by atoms with Gasteiger partial charge in [-0.05, 0) is 31.0 Å². The molecule has 0 radical (unpaired) electrons. The van der Waals surface area contributed by atoms with Gasteiger partial charge >= 0.3 is 0 Å². The third-order valence-electron chi connectivity index (χ3n) is 2.48. The van der Waals surface area contributed by atoms with Gasteiger partial charge in [0.1, 0.15) is 5.75 Å². The number of nitrogens with zero attached hydrogens (tertiary/aromatic N) is 1. The topological polar surface area (TPSA) is 34.1 Å². The molecule has 1 rings (SSSR count). The number of methoxy groups -OCH3 is 1. The first-order chi connectivity index (χ1) is 7.63. The summed E-state index contributed by atoms with van der Waals surface area (Å²) >= 11 is 0. The Kier molecular flexibility index (Phi) is 5.26. The van der Waals surface area contributed by atoms with Crippen LogP contribution in [-0.4, -0.2) is 24.7 Å². The van der Waals surface area contributed by atoms with Crippen molar-refractivity contribution in [3.05, 3.63) is 24.0 Å². The summed E-state index contributed by atoms with van der Waals surface area (Å²) in [6, 6.07) is 4.40. The highest BCUT2D eigenvalue weighted by Gasteiger charge is 2.09. The van der Waals surface area contributed by atoms with Crippen LogP contribution in [0.15, 0.2) is 18.3 Å². The number of ether oxygens (including phenoxy) is 1. The largest absolute Gasteiger partial charge is 0.495 e. The first-order valence-corrected chi connectivity index (χ1v) is 5.84. The molecule has 16 heavy (non-hydrogen) atoms. The van der Waals surface area contributed by atoms with Crippen LogP contribution in [0.1, 0.15) is 26.5 Å². The van der Waals surface area contributed by atoms with E-state index in [4.69, 9.17) is 4.74 Å². The minimum atomic E-state index is 0.535. The molecule has 1 atom stereocenters. The summed E-state index contributed by atoms with van der Waals surface area (Å²) in [6.07, 6.45) is 2.77. The molecule has 0 bridgehead atoms. The molecule has 1 N–H and O–H groups in total. The number of rotatable bonds is 6. The Balaban J connectivity index is 2.51. The van der Waals surface area contributed by atoms with Gasteiger partial charge in [0.25, 0.3) is 0 Å². The number of aromatic nitrogens is 1. The number of hydrogen-bond donors (Lipinski definition) is 1. The van der Waals surface area contributed by atoms with Crippen LogP contribution in [0.25, 0.3) is 0 Å². The standard InChI is InChI=1S/C13H22N2O/c1-10(2)15-9-11(3)8-12-13(16-4)6-5-7-14-12/h5-7,10-11,15H,8-9H2,1-4H3. The Labute approximate surface area is 98.2 Å². The van der Waals surface area contributed by atoms with Gasteiger partial charge in [0.2, 0.25) is 0 Å². The van der Waals surface area contributed by atoms with Gasteiger partial charge in [0.15, 0.2) is 0 Å². The average molecular weight is 222 g/mol. The van der Waals surface area contributed by atoms with E-state index in [1.165, 1.54) is 0 Å². The molecule has 90 valence electrons. The van der Waals surface area contributed by atoms with E-state index in [0.717, 1.165) is 24.4 Å². The predicted molar refractivity (Wildman–Crippen MR) is 66.8 cm³/mol. The van der Waals surface area contributed by atoms with Gasteiger partial charge in [-0.3, -0.25) is 4.98 Å². The first kappa shape index (κ1) is 13.0. The first-order valence-electron chi connectivity index (χ1n) is 5.84. The molecular weight excluding hydrogens is 200 g/mol. The summed E-state index contributed by atoms with van der Waals surface area (Å²) in [5, 5.41) is 3.43. The zero-order chi connectivity index (χ0) is 12.0. The summed E-state index contributed by atoms with van der Waals surface area (Å²) in [6.45, 7) is 7.56. The van der Waals surface area contributed by atoms with Gasteiger partial charge in [0.05, 0.1) is 12.8 Å². The van der Waals surface area contributed by atoms with Crippen molar-refractivity contribution in [3.63, 3.8) is 0 Å². The summed E-state index contributed by atoms with van der Waals surface area (Å²) in [5.41, 5.74) is 1.04. The normalized spacial score (nSPS) is 12.8. The van der Waals surface area contributed by atoms with Crippen molar-refractivity contribution in [3.8, 4) is 5.75 Å². The van der Waals surface area contributed by atoms with Crippen molar-refractivity contribution < 1.29 is 4.74 Å². The summed E-state index contributed by atoms with van der Waals surface area (Å²) < 4.78 is 5.29. The fourth-order valence-electron chi connectivity index (χ4n) is 1.60. The van der Waals surface area contributed by atoms with Crippen LogP contribution < -0.4 is 10.1 Å². The molecule has 1 unspecified atom stereocenters. The van der Waals surface area contributed by atoms with Gasteiger partial charge < -0.3 is 10.1 Å². The molecule has 0 spiro atoms. The van der Waals surface area contributed by atoms with E-state index >= 15 is 0 Å². The maximum absolute atomic E-state index is 5.29. The van der Waals surface area contributed by atoms with Gasteiger partial charge in [-0.2, -0.15) is 0 Å².